The van der Waals surface area contributed by atoms with Crippen LogP contribution in [-0.4, -0.2) is 40.0 Å². The van der Waals surface area contributed by atoms with Crippen molar-refractivity contribution in [1.82, 2.24) is 14.9 Å². The van der Waals surface area contributed by atoms with E-state index < -0.39 is 18.6 Å². The maximum absolute atomic E-state index is 12.3. The molecule has 0 radical (unpaired) electrons. The first kappa shape index (κ1) is 22.2. The Balaban J connectivity index is 1.55. The molecule has 1 fully saturated rings. The molecular weight excluding hydrogens is 438 g/mol. The van der Waals surface area contributed by atoms with Crippen molar-refractivity contribution in [2.24, 2.45) is 0 Å². The van der Waals surface area contributed by atoms with Gasteiger partial charge in [0.1, 0.15) is 22.6 Å². The predicted octanol–water partition coefficient (Wildman–Crippen LogP) is 4.23. The summed E-state index contributed by atoms with van der Waals surface area (Å²) < 4.78 is 29.6. The van der Waals surface area contributed by atoms with Gasteiger partial charge in [-0.15, -0.1) is 0 Å². The highest BCUT2D eigenvalue weighted by atomic mass is 35.5. The van der Waals surface area contributed by atoms with Gasteiger partial charge >= 0.3 is 0 Å². The average molecular weight is 459 g/mol. The third kappa shape index (κ3) is 4.45. The van der Waals surface area contributed by atoms with E-state index in [0.29, 0.717) is 30.9 Å². The second kappa shape index (κ2) is 8.85. The molecule has 3 heterocycles. The lowest BCUT2D eigenvalue weighted by Crippen LogP contribution is -2.35. The Hall–Kier alpha value is -3.01. The van der Waals surface area contributed by atoms with Crippen LogP contribution in [0.5, 0.6) is 5.88 Å². The normalized spacial score (nSPS) is 17.7. The minimum absolute atomic E-state index is 0.0384. The summed E-state index contributed by atoms with van der Waals surface area (Å²) in [6.07, 6.45) is 1.21. The Bertz CT molecular complexity index is 1090. The average Bonchev–Trinajstić information content (AvgIpc) is 3.57. The molecule has 1 unspecified atom stereocenters. The number of pyridine rings is 2. The number of halogens is 3. The summed E-state index contributed by atoms with van der Waals surface area (Å²) in [5, 5.41) is 22.5. The summed E-state index contributed by atoms with van der Waals surface area (Å²) in [4.78, 5) is 10.7. The highest BCUT2D eigenvalue weighted by Crippen LogP contribution is 2.41. The maximum Gasteiger partial charge on any atom is 0.272 e. The van der Waals surface area contributed by atoms with E-state index >= 15 is 0 Å². The molecule has 1 aliphatic heterocycles. The van der Waals surface area contributed by atoms with Crippen molar-refractivity contribution in [3.05, 3.63) is 45.7 Å². The summed E-state index contributed by atoms with van der Waals surface area (Å²) in [5.74, 6) is 0.731. The number of nitrogens with one attached hydrogen (secondary N) is 1. The number of alkyl halides is 2. The van der Waals surface area contributed by atoms with Gasteiger partial charge in [-0.1, -0.05) is 17.7 Å². The summed E-state index contributed by atoms with van der Waals surface area (Å²) in [7, 11) is 0. The quantitative estimate of drug-likeness (QED) is 0.620. The standard InChI is InChI=1S/C22H21ClF2N6O/c1-13(14-2-3-19(28-9-14)32-11-18(24)25)31-7-4-15-17(10-31)16(8-26)20(23)29-21(15)30-22(12-27)5-6-22/h2-3,9,13,18H,4-7,10-11H2,1H3,(H,29,30). The molecule has 4 rings (SSSR count). The number of aromatic nitrogens is 2. The number of nitriles is 2. The third-order valence-corrected chi connectivity index (χ3v) is 6.23. The Labute approximate surface area is 189 Å². The van der Waals surface area contributed by atoms with Crippen LogP contribution in [0, 0.1) is 22.7 Å². The van der Waals surface area contributed by atoms with E-state index in [-0.39, 0.29) is 17.1 Å². The van der Waals surface area contributed by atoms with Crippen LogP contribution in [0.1, 0.15) is 48.1 Å². The Morgan fingerprint density at radius 3 is 2.69 bits per heavy atom. The molecule has 1 N–H and O–H groups in total. The first-order valence-electron chi connectivity index (χ1n) is 10.3. The van der Waals surface area contributed by atoms with E-state index in [9.17, 15) is 19.3 Å². The van der Waals surface area contributed by atoms with Gasteiger partial charge in [-0.25, -0.2) is 18.7 Å². The Morgan fingerprint density at radius 2 is 2.09 bits per heavy atom. The molecule has 10 heteroatoms. The van der Waals surface area contributed by atoms with Crippen LogP contribution in [0.15, 0.2) is 18.3 Å². The summed E-state index contributed by atoms with van der Waals surface area (Å²) in [5.41, 5.74) is 2.38. The van der Waals surface area contributed by atoms with E-state index in [0.717, 1.165) is 29.5 Å². The summed E-state index contributed by atoms with van der Waals surface area (Å²) in [6, 6.07) is 7.80. The second-order valence-corrected chi connectivity index (χ2v) is 8.40. The lowest BCUT2D eigenvalue weighted by atomic mass is 9.94. The first-order chi connectivity index (χ1) is 15.4. The van der Waals surface area contributed by atoms with E-state index in [1.54, 1.807) is 18.3 Å². The zero-order valence-electron chi connectivity index (χ0n) is 17.4. The molecule has 1 saturated carbocycles. The van der Waals surface area contributed by atoms with Gasteiger partial charge in [0.25, 0.3) is 6.43 Å². The number of anilines is 1. The molecule has 1 aliphatic carbocycles. The molecular formula is C22H21ClF2N6O. The summed E-state index contributed by atoms with van der Waals surface area (Å²) in [6.45, 7) is 2.52. The number of ether oxygens (including phenoxy) is 1. The molecule has 0 saturated heterocycles. The van der Waals surface area contributed by atoms with Gasteiger partial charge in [-0.3, -0.25) is 4.90 Å². The van der Waals surface area contributed by atoms with E-state index in [1.807, 2.05) is 6.92 Å². The highest BCUT2D eigenvalue weighted by molar-refractivity contribution is 6.30. The number of hydrogen-bond donors (Lipinski definition) is 1. The molecule has 166 valence electrons. The van der Waals surface area contributed by atoms with Gasteiger partial charge in [-0.2, -0.15) is 10.5 Å². The monoisotopic (exact) mass is 458 g/mol. The number of rotatable bonds is 7. The van der Waals surface area contributed by atoms with Gasteiger partial charge in [0.15, 0.2) is 6.61 Å². The molecule has 2 aromatic rings. The van der Waals surface area contributed by atoms with Crippen molar-refractivity contribution < 1.29 is 13.5 Å². The molecule has 2 aromatic heterocycles. The van der Waals surface area contributed by atoms with Gasteiger partial charge < -0.3 is 10.1 Å². The topological polar surface area (TPSA) is 97.9 Å². The van der Waals surface area contributed by atoms with Crippen LogP contribution >= 0.6 is 11.6 Å². The fraction of sp³-hybridized carbons (Fsp3) is 0.455. The molecule has 0 aromatic carbocycles. The first-order valence-corrected chi connectivity index (χ1v) is 10.7. The Kier molecular flexibility index (Phi) is 6.14. The molecule has 7 nitrogen and oxygen atoms in total. The maximum atomic E-state index is 12.3. The van der Waals surface area contributed by atoms with Crippen LogP contribution in [0.25, 0.3) is 0 Å². The number of hydrogen-bond acceptors (Lipinski definition) is 7. The lowest BCUT2D eigenvalue weighted by molar-refractivity contribution is 0.0795. The van der Waals surface area contributed by atoms with Crippen LogP contribution in [-0.2, 0) is 13.0 Å². The van der Waals surface area contributed by atoms with Crippen LogP contribution < -0.4 is 10.1 Å². The van der Waals surface area contributed by atoms with Crippen molar-refractivity contribution in [2.75, 3.05) is 18.5 Å². The number of fused-ring (bicyclic) bond motifs is 1. The molecule has 32 heavy (non-hydrogen) atoms. The van der Waals surface area contributed by atoms with Gasteiger partial charge in [0, 0.05) is 37.0 Å². The fourth-order valence-electron chi connectivity index (χ4n) is 3.87. The smallest absolute Gasteiger partial charge is 0.272 e. The van der Waals surface area contributed by atoms with Gasteiger partial charge in [0.05, 0.1) is 11.6 Å². The van der Waals surface area contributed by atoms with Gasteiger partial charge in [-0.05, 0) is 37.3 Å². The minimum atomic E-state index is -2.55. The van der Waals surface area contributed by atoms with Crippen molar-refractivity contribution in [3.8, 4) is 18.0 Å². The highest BCUT2D eigenvalue weighted by Gasteiger charge is 2.44. The fourth-order valence-corrected chi connectivity index (χ4v) is 4.11. The van der Waals surface area contributed by atoms with Crippen molar-refractivity contribution in [1.29, 1.82) is 10.5 Å². The van der Waals surface area contributed by atoms with Crippen molar-refractivity contribution >= 4 is 17.4 Å². The Morgan fingerprint density at radius 1 is 1.31 bits per heavy atom. The third-order valence-electron chi connectivity index (χ3n) is 5.96. The molecule has 1 atom stereocenters. The minimum Gasteiger partial charge on any atom is -0.472 e. The van der Waals surface area contributed by atoms with E-state index in [2.05, 4.69) is 32.3 Å². The zero-order valence-corrected chi connectivity index (χ0v) is 18.2. The second-order valence-electron chi connectivity index (χ2n) is 8.04. The molecule has 0 amide bonds. The largest absolute Gasteiger partial charge is 0.472 e. The summed E-state index contributed by atoms with van der Waals surface area (Å²) >= 11 is 6.32. The van der Waals surface area contributed by atoms with Crippen LogP contribution in [0.4, 0.5) is 14.6 Å². The molecule has 2 aliphatic rings. The number of nitrogens with zero attached hydrogens (tertiary/aromatic N) is 5. The van der Waals surface area contributed by atoms with E-state index in [4.69, 9.17) is 16.3 Å². The van der Waals surface area contributed by atoms with E-state index in [1.165, 1.54) is 0 Å². The lowest BCUT2D eigenvalue weighted by Gasteiger charge is -2.35. The van der Waals surface area contributed by atoms with Crippen molar-refractivity contribution in [2.45, 2.75) is 50.7 Å². The van der Waals surface area contributed by atoms with Gasteiger partial charge in [0.2, 0.25) is 5.88 Å². The molecule has 0 bridgehead atoms. The molecule has 0 spiro atoms. The van der Waals surface area contributed by atoms with Crippen LogP contribution in [0.2, 0.25) is 5.15 Å². The zero-order chi connectivity index (χ0) is 22.9. The predicted molar refractivity (Wildman–Crippen MR) is 113 cm³/mol. The van der Waals surface area contributed by atoms with Crippen LogP contribution in [0.3, 0.4) is 0 Å². The SMILES string of the molecule is CC(c1ccc(OCC(F)F)nc1)N1CCc2c(NC3(C#N)CC3)nc(Cl)c(C#N)c2C1. The van der Waals surface area contributed by atoms with Crippen molar-refractivity contribution in [3.63, 3.8) is 0 Å².